The average Bonchev–Trinajstić information content (AvgIpc) is 2.36. The van der Waals surface area contributed by atoms with E-state index in [4.69, 9.17) is 4.74 Å². The first-order valence-corrected chi connectivity index (χ1v) is 7.33. The SMILES string of the molecule is CCOCC(C)NCC(O)CN1CCC(C)CC1. The molecule has 0 aromatic carbocycles. The van der Waals surface area contributed by atoms with Crippen molar-refractivity contribution in [2.75, 3.05) is 39.4 Å². The first-order valence-electron chi connectivity index (χ1n) is 7.33. The second kappa shape index (κ2) is 8.86. The van der Waals surface area contributed by atoms with E-state index in [-0.39, 0.29) is 6.10 Å². The second-order valence-corrected chi connectivity index (χ2v) is 5.61. The van der Waals surface area contributed by atoms with Gasteiger partial charge in [0.2, 0.25) is 0 Å². The molecule has 0 amide bonds. The Morgan fingerprint density at radius 2 is 2.06 bits per heavy atom. The number of hydrogen-bond acceptors (Lipinski definition) is 4. The summed E-state index contributed by atoms with van der Waals surface area (Å²) in [6.07, 6.45) is 2.25. The van der Waals surface area contributed by atoms with E-state index in [1.807, 2.05) is 6.92 Å². The van der Waals surface area contributed by atoms with Crippen LogP contribution in [0.25, 0.3) is 0 Å². The number of ether oxygens (including phenoxy) is 1. The van der Waals surface area contributed by atoms with Crippen molar-refractivity contribution in [3.63, 3.8) is 0 Å². The van der Waals surface area contributed by atoms with Crippen LogP contribution in [0.15, 0.2) is 0 Å². The monoisotopic (exact) mass is 258 g/mol. The zero-order valence-electron chi connectivity index (χ0n) is 12.2. The van der Waals surface area contributed by atoms with Gasteiger partial charge in [0, 0.05) is 25.7 Å². The van der Waals surface area contributed by atoms with Crippen LogP contribution < -0.4 is 5.32 Å². The molecule has 2 N–H and O–H groups in total. The highest BCUT2D eigenvalue weighted by Gasteiger charge is 2.18. The minimum Gasteiger partial charge on any atom is -0.390 e. The van der Waals surface area contributed by atoms with E-state index in [2.05, 4.69) is 24.1 Å². The minimum absolute atomic E-state index is 0.275. The molecule has 0 aromatic rings. The number of β-amino-alcohol motifs (C(OH)–C–C–N with tert-alkyl or cyclic N) is 1. The van der Waals surface area contributed by atoms with E-state index in [0.29, 0.717) is 19.2 Å². The number of piperidine rings is 1. The van der Waals surface area contributed by atoms with Gasteiger partial charge in [-0.25, -0.2) is 0 Å². The molecule has 2 atom stereocenters. The zero-order chi connectivity index (χ0) is 13.4. The number of rotatable bonds is 8. The summed E-state index contributed by atoms with van der Waals surface area (Å²) < 4.78 is 5.33. The molecule has 1 aliphatic rings. The van der Waals surface area contributed by atoms with Crippen molar-refractivity contribution in [1.29, 1.82) is 0 Å². The zero-order valence-corrected chi connectivity index (χ0v) is 12.2. The van der Waals surface area contributed by atoms with Gasteiger partial charge in [0.25, 0.3) is 0 Å². The van der Waals surface area contributed by atoms with E-state index in [0.717, 1.165) is 32.2 Å². The Morgan fingerprint density at radius 1 is 1.39 bits per heavy atom. The molecule has 108 valence electrons. The Morgan fingerprint density at radius 3 is 2.67 bits per heavy atom. The van der Waals surface area contributed by atoms with Gasteiger partial charge in [-0.2, -0.15) is 0 Å². The smallest absolute Gasteiger partial charge is 0.0791 e. The summed E-state index contributed by atoms with van der Waals surface area (Å²) >= 11 is 0. The molecule has 1 heterocycles. The lowest BCUT2D eigenvalue weighted by atomic mass is 9.99. The molecule has 18 heavy (non-hydrogen) atoms. The van der Waals surface area contributed by atoms with Crippen molar-refractivity contribution in [1.82, 2.24) is 10.2 Å². The van der Waals surface area contributed by atoms with Crippen molar-refractivity contribution in [2.24, 2.45) is 5.92 Å². The maximum atomic E-state index is 10.00. The summed E-state index contributed by atoms with van der Waals surface area (Å²) in [5.74, 6) is 0.850. The average molecular weight is 258 g/mol. The molecule has 1 fully saturated rings. The normalized spacial score (nSPS) is 22.0. The van der Waals surface area contributed by atoms with Crippen LogP contribution in [0, 0.1) is 5.92 Å². The summed E-state index contributed by atoms with van der Waals surface area (Å²) in [4.78, 5) is 2.37. The Balaban J connectivity index is 2.07. The first-order chi connectivity index (χ1) is 8.61. The van der Waals surface area contributed by atoms with Gasteiger partial charge in [0.05, 0.1) is 12.7 Å². The molecule has 1 aliphatic heterocycles. The van der Waals surface area contributed by atoms with Crippen LogP contribution in [-0.4, -0.2) is 61.5 Å². The Hall–Kier alpha value is -0.160. The first kappa shape index (κ1) is 15.9. The quantitative estimate of drug-likeness (QED) is 0.684. The Labute approximate surface area is 112 Å². The molecule has 4 heteroatoms. The Bertz CT molecular complexity index is 206. The van der Waals surface area contributed by atoms with Gasteiger partial charge >= 0.3 is 0 Å². The van der Waals surface area contributed by atoms with Gasteiger partial charge in [-0.1, -0.05) is 6.92 Å². The molecule has 1 rings (SSSR count). The van der Waals surface area contributed by atoms with E-state index >= 15 is 0 Å². The van der Waals surface area contributed by atoms with Gasteiger partial charge < -0.3 is 20.1 Å². The third kappa shape index (κ3) is 6.69. The molecule has 0 aliphatic carbocycles. The van der Waals surface area contributed by atoms with Crippen LogP contribution in [0.2, 0.25) is 0 Å². The Kier molecular flexibility index (Phi) is 7.82. The maximum absolute atomic E-state index is 10.00. The highest BCUT2D eigenvalue weighted by atomic mass is 16.5. The second-order valence-electron chi connectivity index (χ2n) is 5.61. The summed E-state index contributed by atoms with van der Waals surface area (Å²) in [5, 5.41) is 13.3. The standard InChI is InChI=1S/C14H30N2O2/c1-4-18-11-13(3)15-9-14(17)10-16-7-5-12(2)6-8-16/h12-15,17H,4-11H2,1-3H3. The molecule has 0 aromatic heterocycles. The fourth-order valence-corrected chi connectivity index (χ4v) is 2.30. The predicted octanol–water partition coefficient (Wildman–Crippen LogP) is 1.09. The fourth-order valence-electron chi connectivity index (χ4n) is 2.30. The lowest BCUT2D eigenvalue weighted by Gasteiger charge is -2.31. The molecular formula is C14H30N2O2. The maximum Gasteiger partial charge on any atom is 0.0791 e. The fraction of sp³-hybridized carbons (Fsp3) is 1.00. The van der Waals surface area contributed by atoms with Crippen LogP contribution in [-0.2, 0) is 4.74 Å². The third-order valence-corrected chi connectivity index (χ3v) is 3.62. The van der Waals surface area contributed by atoms with Gasteiger partial charge in [0.15, 0.2) is 0 Å². The van der Waals surface area contributed by atoms with Crippen LogP contribution in [0.4, 0.5) is 0 Å². The molecular weight excluding hydrogens is 228 g/mol. The predicted molar refractivity (Wildman–Crippen MR) is 74.8 cm³/mol. The van der Waals surface area contributed by atoms with Crippen molar-refractivity contribution in [3.8, 4) is 0 Å². The lowest BCUT2D eigenvalue weighted by Crippen LogP contribution is -2.44. The summed E-state index contributed by atoms with van der Waals surface area (Å²) in [7, 11) is 0. The van der Waals surface area contributed by atoms with Crippen LogP contribution >= 0.6 is 0 Å². The molecule has 1 saturated heterocycles. The lowest BCUT2D eigenvalue weighted by molar-refractivity contribution is 0.0813. The molecule has 0 spiro atoms. The van der Waals surface area contributed by atoms with Crippen molar-refractivity contribution >= 4 is 0 Å². The molecule has 0 radical (unpaired) electrons. The summed E-state index contributed by atoms with van der Waals surface area (Å²) in [5.41, 5.74) is 0. The minimum atomic E-state index is -0.275. The molecule has 0 saturated carbocycles. The number of likely N-dealkylation sites (tertiary alicyclic amines) is 1. The van der Waals surface area contributed by atoms with Crippen LogP contribution in [0.5, 0.6) is 0 Å². The van der Waals surface area contributed by atoms with Crippen LogP contribution in [0.3, 0.4) is 0 Å². The number of hydrogen-bond donors (Lipinski definition) is 2. The molecule has 0 bridgehead atoms. The van der Waals surface area contributed by atoms with E-state index in [1.54, 1.807) is 0 Å². The highest BCUT2D eigenvalue weighted by molar-refractivity contribution is 4.74. The largest absolute Gasteiger partial charge is 0.390 e. The van der Waals surface area contributed by atoms with Gasteiger partial charge in [0.1, 0.15) is 0 Å². The topological polar surface area (TPSA) is 44.7 Å². The van der Waals surface area contributed by atoms with E-state index < -0.39 is 0 Å². The summed E-state index contributed by atoms with van der Waals surface area (Å²) in [6.45, 7) is 11.6. The number of aliphatic hydroxyl groups excluding tert-OH is 1. The van der Waals surface area contributed by atoms with Crippen molar-refractivity contribution < 1.29 is 9.84 Å². The van der Waals surface area contributed by atoms with E-state index in [1.165, 1.54) is 12.8 Å². The van der Waals surface area contributed by atoms with Crippen molar-refractivity contribution in [3.05, 3.63) is 0 Å². The van der Waals surface area contributed by atoms with Gasteiger partial charge in [-0.3, -0.25) is 0 Å². The number of nitrogens with one attached hydrogen (secondary N) is 1. The van der Waals surface area contributed by atoms with Gasteiger partial charge in [-0.15, -0.1) is 0 Å². The number of aliphatic hydroxyl groups is 1. The van der Waals surface area contributed by atoms with Gasteiger partial charge in [-0.05, 0) is 45.7 Å². The van der Waals surface area contributed by atoms with Crippen LogP contribution in [0.1, 0.15) is 33.6 Å². The van der Waals surface area contributed by atoms with Crippen molar-refractivity contribution in [2.45, 2.75) is 45.8 Å². The number of nitrogens with zero attached hydrogens (tertiary/aromatic N) is 1. The van der Waals surface area contributed by atoms with E-state index in [9.17, 15) is 5.11 Å². The molecule has 2 unspecified atom stereocenters. The molecule has 4 nitrogen and oxygen atoms in total. The summed E-state index contributed by atoms with van der Waals surface area (Å²) in [6, 6.07) is 0.306. The third-order valence-electron chi connectivity index (χ3n) is 3.62. The highest BCUT2D eigenvalue weighted by Crippen LogP contribution is 2.15.